The molecular weight excluding hydrogens is 196 g/mol. The van der Waals surface area contributed by atoms with E-state index in [4.69, 9.17) is 0 Å². The molecule has 3 heteroatoms. The summed E-state index contributed by atoms with van der Waals surface area (Å²) >= 11 is 1.63. The lowest BCUT2D eigenvalue weighted by molar-refractivity contribution is -0.140. The maximum atomic E-state index is 11.4. The molecule has 0 saturated heterocycles. The van der Waals surface area contributed by atoms with Crippen LogP contribution in [-0.2, 0) is 4.79 Å². The van der Waals surface area contributed by atoms with E-state index >= 15 is 0 Å². The third kappa shape index (κ3) is 2.25. The van der Waals surface area contributed by atoms with Gasteiger partial charge in [0.2, 0.25) is 0 Å². The Morgan fingerprint density at radius 1 is 1.50 bits per heavy atom. The van der Waals surface area contributed by atoms with Crippen LogP contribution in [0, 0.1) is 5.92 Å². The highest BCUT2D eigenvalue weighted by Gasteiger charge is 2.49. The van der Waals surface area contributed by atoms with Gasteiger partial charge in [0.15, 0.2) is 0 Å². The Labute approximate surface area is 90.5 Å². The van der Waals surface area contributed by atoms with Crippen LogP contribution >= 0.6 is 11.8 Å². The molecule has 0 spiro atoms. The highest BCUT2D eigenvalue weighted by atomic mass is 32.2. The molecule has 0 aromatic carbocycles. The van der Waals surface area contributed by atoms with Gasteiger partial charge in [0.05, 0.1) is 0 Å². The zero-order valence-electron chi connectivity index (χ0n) is 9.46. The summed E-state index contributed by atoms with van der Waals surface area (Å²) in [6, 6.07) is 0. The van der Waals surface area contributed by atoms with E-state index in [0.29, 0.717) is 5.92 Å². The lowest BCUT2D eigenvalue weighted by Crippen LogP contribution is -2.40. The molecule has 1 aliphatic rings. The van der Waals surface area contributed by atoms with Crippen LogP contribution < -0.4 is 0 Å². The lowest BCUT2D eigenvalue weighted by Gasteiger charge is -2.34. The Morgan fingerprint density at radius 3 is 2.36 bits per heavy atom. The van der Waals surface area contributed by atoms with Gasteiger partial charge < -0.3 is 5.11 Å². The number of rotatable bonds is 2. The maximum Gasteiger partial charge on any atom is 0.320 e. The van der Waals surface area contributed by atoms with Crippen molar-refractivity contribution in [3.05, 3.63) is 0 Å². The van der Waals surface area contributed by atoms with Crippen LogP contribution in [0.25, 0.3) is 0 Å². The third-order valence-electron chi connectivity index (χ3n) is 2.83. The van der Waals surface area contributed by atoms with Crippen molar-refractivity contribution in [1.82, 2.24) is 0 Å². The SMILES string of the molecule is CC1CCCC1(SC(C)(C)C)C(=O)O. The molecule has 0 aliphatic heterocycles. The first kappa shape index (κ1) is 11.9. The molecule has 1 aliphatic carbocycles. The number of hydrogen-bond acceptors (Lipinski definition) is 2. The van der Waals surface area contributed by atoms with Crippen molar-refractivity contribution in [2.24, 2.45) is 5.92 Å². The quantitative estimate of drug-likeness (QED) is 0.770. The number of aliphatic carboxylic acids is 1. The van der Waals surface area contributed by atoms with Gasteiger partial charge in [0.25, 0.3) is 0 Å². The van der Waals surface area contributed by atoms with Crippen molar-refractivity contribution in [3.8, 4) is 0 Å². The van der Waals surface area contributed by atoms with E-state index < -0.39 is 10.7 Å². The number of carboxylic acid groups (broad SMARTS) is 1. The second-order valence-electron chi connectivity index (χ2n) is 5.20. The first-order valence-corrected chi connectivity index (χ1v) is 6.03. The van der Waals surface area contributed by atoms with Gasteiger partial charge in [-0.05, 0) is 18.8 Å². The van der Waals surface area contributed by atoms with Gasteiger partial charge in [0, 0.05) is 4.75 Å². The summed E-state index contributed by atoms with van der Waals surface area (Å²) in [6.45, 7) is 8.34. The van der Waals surface area contributed by atoms with Gasteiger partial charge in [-0.25, -0.2) is 0 Å². The Kier molecular flexibility index (Phi) is 3.20. The van der Waals surface area contributed by atoms with Crippen LogP contribution in [0.4, 0.5) is 0 Å². The molecule has 2 nitrogen and oxygen atoms in total. The number of carboxylic acids is 1. The van der Waals surface area contributed by atoms with Crippen LogP contribution in [0.15, 0.2) is 0 Å². The van der Waals surface area contributed by atoms with Crippen LogP contribution in [0.5, 0.6) is 0 Å². The first-order valence-electron chi connectivity index (χ1n) is 5.21. The molecule has 0 radical (unpaired) electrons. The highest BCUT2D eigenvalue weighted by molar-refractivity contribution is 8.02. The molecule has 2 atom stereocenters. The fourth-order valence-corrected chi connectivity index (χ4v) is 3.96. The number of hydrogen-bond donors (Lipinski definition) is 1. The minimum atomic E-state index is -0.623. The Hall–Kier alpha value is -0.180. The summed E-state index contributed by atoms with van der Waals surface area (Å²) in [7, 11) is 0. The molecule has 1 saturated carbocycles. The summed E-state index contributed by atoms with van der Waals surface area (Å²) in [4.78, 5) is 11.4. The van der Waals surface area contributed by atoms with E-state index in [9.17, 15) is 9.90 Å². The largest absolute Gasteiger partial charge is 0.480 e. The molecule has 1 fully saturated rings. The summed E-state index contributed by atoms with van der Waals surface area (Å²) in [6.07, 6.45) is 2.93. The van der Waals surface area contributed by atoms with Crippen LogP contribution in [0.3, 0.4) is 0 Å². The average molecular weight is 216 g/mol. The normalized spacial score (nSPS) is 33.3. The second kappa shape index (κ2) is 3.76. The van der Waals surface area contributed by atoms with Crippen molar-refractivity contribution < 1.29 is 9.90 Å². The van der Waals surface area contributed by atoms with Gasteiger partial charge >= 0.3 is 5.97 Å². The van der Waals surface area contributed by atoms with Crippen molar-refractivity contribution in [3.63, 3.8) is 0 Å². The molecule has 1 N–H and O–H groups in total. The van der Waals surface area contributed by atoms with Gasteiger partial charge in [-0.15, -0.1) is 11.8 Å². The zero-order chi connectivity index (χ0) is 11.0. The average Bonchev–Trinajstić information content (AvgIpc) is 2.30. The van der Waals surface area contributed by atoms with E-state index in [1.807, 2.05) is 0 Å². The second-order valence-corrected chi connectivity index (χ2v) is 7.36. The van der Waals surface area contributed by atoms with Crippen LogP contribution in [0.2, 0.25) is 0 Å². The highest BCUT2D eigenvalue weighted by Crippen LogP contribution is 2.50. The Balaban J connectivity index is 2.88. The summed E-state index contributed by atoms with van der Waals surface area (Å²) in [5.41, 5.74) is 0. The van der Waals surface area contributed by atoms with Crippen molar-refractivity contribution in [2.45, 2.75) is 56.5 Å². The molecule has 0 aromatic rings. The fraction of sp³-hybridized carbons (Fsp3) is 0.909. The molecule has 0 aromatic heterocycles. The molecule has 0 bridgehead atoms. The Bertz CT molecular complexity index is 232. The summed E-state index contributed by atoms with van der Waals surface area (Å²) < 4.78 is -0.505. The van der Waals surface area contributed by atoms with Crippen LogP contribution in [-0.4, -0.2) is 20.6 Å². The topological polar surface area (TPSA) is 37.3 Å². The molecular formula is C11H20O2S. The fourth-order valence-electron chi connectivity index (χ4n) is 2.21. The summed E-state index contributed by atoms with van der Waals surface area (Å²) in [5.74, 6) is -0.327. The molecule has 82 valence electrons. The van der Waals surface area contributed by atoms with E-state index in [1.54, 1.807) is 11.8 Å². The van der Waals surface area contributed by atoms with E-state index in [-0.39, 0.29) is 4.75 Å². The molecule has 0 amide bonds. The third-order valence-corrected chi connectivity index (χ3v) is 4.59. The van der Waals surface area contributed by atoms with Crippen molar-refractivity contribution in [2.75, 3.05) is 0 Å². The van der Waals surface area contributed by atoms with Crippen molar-refractivity contribution in [1.29, 1.82) is 0 Å². The van der Waals surface area contributed by atoms with Crippen LogP contribution in [0.1, 0.15) is 47.0 Å². The smallest absolute Gasteiger partial charge is 0.320 e. The molecule has 2 unspecified atom stereocenters. The standard InChI is InChI=1S/C11H20O2S/c1-8-6-5-7-11(8,9(12)13)14-10(2,3)4/h8H,5-7H2,1-4H3,(H,12,13). The molecule has 1 rings (SSSR count). The van der Waals surface area contributed by atoms with Gasteiger partial charge in [-0.2, -0.15) is 0 Å². The van der Waals surface area contributed by atoms with Crippen molar-refractivity contribution >= 4 is 17.7 Å². The molecule has 0 heterocycles. The zero-order valence-corrected chi connectivity index (χ0v) is 10.3. The number of thioether (sulfide) groups is 1. The predicted molar refractivity (Wildman–Crippen MR) is 60.7 cm³/mol. The van der Waals surface area contributed by atoms with Gasteiger partial charge in [-0.1, -0.05) is 34.1 Å². The lowest BCUT2D eigenvalue weighted by atomic mass is 9.97. The minimum absolute atomic E-state index is 0.0248. The van der Waals surface area contributed by atoms with Gasteiger partial charge in [0.1, 0.15) is 4.75 Å². The first-order chi connectivity index (χ1) is 6.28. The van der Waals surface area contributed by atoms with E-state index in [0.717, 1.165) is 19.3 Å². The number of carbonyl (C=O) groups is 1. The van der Waals surface area contributed by atoms with E-state index in [2.05, 4.69) is 27.7 Å². The molecule has 14 heavy (non-hydrogen) atoms. The minimum Gasteiger partial charge on any atom is -0.480 e. The van der Waals surface area contributed by atoms with Gasteiger partial charge in [-0.3, -0.25) is 4.79 Å². The maximum absolute atomic E-state index is 11.4. The van der Waals surface area contributed by atoms with E-state index in [1.165, 1.54) is 0 Å². The Morgan fingerprint density at radius 2 is 2.07 bits per heavy atom. The monoisotopic (exact) mass is 216 g/mol. The predicted octanol–water partition coefficient (Wildman–Crippen LogP) is 3.16. The summed E-state index contributed by atoms with van der Waals surface area (Å²) in [5, 5.41) is 9.38.